The number of hydrogen-bond acceptors (Lipinski definition) is 4. The van der Waals surface area contributed by atoms with Crippen molar-refractivity contribution in [2.45, 2.75) is 19.3 Å². The van der Waals surface area contributed by atoms with Crippen LogP contribution in [0.25, 0.3) is 0 Å². The van der Waals surface area contributed by atoms with Crippen LogP contribution in [0.1, 0.15) is 18.4 Å². The highest BCUT2D eigenvalue weighted by molar-refractivity contribution is 6.39. The zero-order valence-corrected chi connectivity index (χ0v) is 12.4. The quantitative estimate of drug-likeness (QED) is 0.859. The van der Waals surface area contributed by atoms with Crippen molar-refractivity contribution in [3.8, 4) is 5.75 Å². The van der Waals surface area contributed by atoms with Crippen LogP contribution in [-0.2, 0) is 16.0 Å². The first-order chi connectivity index (χ1) is 10.1. The van der Waals surface area contributed by atoms with Gasteiger partial charge in [-0.15, -0.1) is 0 Å². The molecular weight excluding hydrogens is 294 g/mol. The lowest BCUT2D eigenvalue weighted by atomic mass is 10.1. The third-order valence-electron chi connectivity index (χ3n) is 3.09. The van der Waals surface area contributed by atoms with Crippen molar-refractivity contribution >= 4 is 29.1 Å². The number of ether oxygens (including phenoxy) is 1. The minimum Gasteiger partial charge on any atom is -0.496 e. The Morgan fingerprint density at radius 2 is 2.29 bits per heavy atom. The lowest BCUT2D eigenvalue weighted by molar-refractivity contribution is -0.121. The number of benzene rings is 1. The SMILES string of the molecule is COc1ccc(Cl)cc1CCNC(=O)C1=NNC(=O)CC1. The topological polar surface area (TPSA) is 79.8 Å². The van der Waals surface area contributed by atoms with E-state index >= 15 is 0 Å². The zero-order chi connectivity index (χ0) is 15.2. The first kappa shape index (κ1) is 15.3. The minimum atomic E-state index is -0.268. The number of hydrazone groups is 1. The van der Waals surface area contributed by atoms with Crippen LogP contribution in [0.2, 0.25) is 5.02 Å². The van der Waals surface area contributed by atoms with Gasteiger partial charge in [-0.2, -0.15) is 5.10 Å². The molecule has 0 spiro atoms. The normalized spacial score (nSPS) is 14.2. The third-order valence-corrected chi connectivity index (χ3v) is 3.32. The van der Waals surface area contributed by atoms with Gasteiger partial charge in [-0.1, -0.05) is 11.6 Å². The molecule has 2 N–H and O–H groups in total. The Bertz CT molecular complexity index is 587. The van der Waals surface area contributed by atoms with Crippen LogP contribution >= 0.6 is 11.6 Å². The first-order valence-electron chi connectivity index (χ1n) is 6.56. The summed E-state index contributed by atoms with van der Waals surface area (Å²) in [7, 11) is 1.59. The maximum absolute atomic E-state index is 11.9. The van der Waals surface area contributed by atoms with Gasteiger partial charge in [-0.25, -0.2) is 5.43 Å². The predicted molar refractivity (Wildman–Crippen MR) is 79.5 cm³/mol. The van der Waals surface area contributed by atoms with Crippen molar-refractivity contribution in [1.82, 2.24) is 10.7 Å². The fourth-order valence-electron chi connectivity index (χ4n) is 1.99. The lowest BCUT2D eigenvalue weighted by Gasteiger charge is -2.13. The predicted octanol–water partition coefficient (Wildman–Crippen LogP) is 1.27. The number of halogens is 1. The minimum absolute atomic E-state index is 0.171. The summed E-state index contributed by atoms with van der Waals surface area (Å²) in [6, 6.07) is 5.35. The van der Waals surface area contributed by atoms with Gasteiger partial charge in [-0.05, 0) is 30.2 Å². The molecule has 0 unspecified atom stereocenters. The fourth-order valence-corrected chi connectivity index (χ4v) is 2.19. The number of carbonyl (C=O) groups is 2. The van der Waals surface area contributed by atoms with E-state index in [4.69, 9.17) is 16.3 Å². The van der Waals surface area contributed by atoms with Gasteiger partial charge < -0.3 is 10.1 Å². The van der Waals surface area contributed by atoms with Crippen molar-refractivity contribution in [2.75, 3.05) is 13.7 Å². The van der Waals surface area contributed by atoms with E-state index in [-0.39, 0.29) is 18.2 Å². The smallest absolute Gasteiger partial charge is 0.267 e. The molecule has 1 heterocycles. The van der Waals surface area contributed by atoms with Crippen LogP contribution in [0.5, 0.6) is 5.75 Å². The number of amides is 2. The Labute approximate surface area is 127 Å². The molecule has 0 atom stereocenters. The van der Waals surface area contributed by atoms with E-state index in [2.05, 4.69) is 15.8 Å². The van der Waals surface area contributed by atoms with E-state index in [1.54, 1.807) is 19.2 Å². The molecule has 0 radical (unpaired) electrons. The molecule has 0 aromatic heterocycles. The second-order valence-corrected chi connectivity index (χ2v) is 4.99. The summed E-state index contributed by atoms with van der Waals surface area (Å²) in [6.07, 6.45) is 1.24. The molecule has 112 valence electrons. The van der Waals surface area contributed by atoms with E-state index in [1.165, 1.54) is 0 Å². The molecule has 0 saturated heterocycles. The number of methoxy groups -OCH3 is 1. The second kappa shape index (κ2) is 7.08. The molecule has 0 aliphatic carbocycles. The van der Waals surface area contributed by atoms with Crippen LogP contribution in [0, 0.1) is 0 Å². The Balaban J connectivity index is 1.88. The molecule has 6 nitrogen and oxygen atoms in total. The number of carbonyl (C=O) groups excluding carboxylic acids is 2. The molecule has 0 bridgehead atoms. The Hall–Kier alpha value is -2.08. The van der Waals surface area contributed by atoms with Gasteiger partial charge >= 0.3 is 0 Å². The van der Waals surface area contributed by atoms with Crippen LogP contribution in [0.15, 0.2) is 23.3 Å². The average Bonchev–Trinajstić information content (AvgIpc) is 2.48. The van der Waals surface area contributed by atoms with Crippen LogP contribution in [0.3, 0.4) is 0 Å². The number of hydrogen-bond donors (Lipinski definition) is 2. The molecule has 1 aliphatic heterocycles. The van der Waals surface area contributed by atoms with Crippen LogP contribution in [-0.4, -0.2) is 31.2 Å². The molecule has 7 heteroatoms. The Morgan fingerprint density at radius 1 is 1.48 bits per heavy atom. The van der Waals surface area contributed by atoms with Crippen molar-refractivity contribution in [3.63, 3.8) is 0 Å². The standard InChI is InChI=1S/C14H16ClN3O3/c1-21-12-4-2-10(15)8-9(12)6-7-16-14(20)11-3-5-13(19)18-17-11/h2,4,8H,3,5-7H2,1H3,(H,16,20)(H,18,19). The van der Waals surface area contributed by atoms with Gasteiger partial charge in [0.05, 0.1) is 7.11 Å². The van der Waals surface area contributed by atoms with Gasteiger partial charge in [0.1, 0.15) is 11.5 Å². The van der Waals surface area contributed by atoms with E-state index < -0.39 is 0 Å². The monoisotopic (exact) mass is 309 g/mol. The van der Waals surface area contributed by atoms with Gasteiger partial charge in [0, 0.05) is 24.4 Å². The number of nitrogens with zero attached hydrogens (tertiary/aromatic N) is 1. The van der Waals surface area contributed by atoms with Gasteiger partial charge in [0.2, 0.25) is 5.91 Å². The molecule has 1 aromatic rings. The summed E-state index contributed by atoms with van der Waals surface area (Å²) in [5.41, 5.74) is 3.56. The van der Waals surface area contributed by atoms with Crippen LogP contribution in [0.4, 0.5) is 0 Å². The zero-order valence-electron chi connectivity index (χ0n) is 11.6. The number of nitrogens with one attached hydrogen (secondary N) is 2. The summed E-state index contributed by atoms with van der Waals surface area (Å²) in [6.45, 7) is 0.433. The highest BCUT2D eigenvalue weighted by Gasteiger charge is 2.17. The summed E-state index contributed by atoms with van der Waals surface area (Å²) >= 11 is 5.95. The van der Waals surface area contributed by atoms with Gasteiger partial charge in [0.25, 0.3) is 5.91 Å². The average molecular weight is 310 g/mol. The Kier molecular flexibility index (Phi) is 5.16. The molecule has 2 amide bonds. The molecule has 0 saturated carbocycles. The van der Waals surface area contributed by atoms with Crippen molar-refractivity contribution in [3.05, 3.63) is 28.8 Å². The third kappa shape index (κ3) is 4.19. The maximum atomic E-state index is 11.9. The summed E-state index contributed by atoms with van der Waals surface area (Å²) in [5, 5.41) is 7.13. The summed E-state index contributed by atoms with van der Waals surface area (Å²) < 4.78 is 5.24. The molecule has 21 heavy (non-hydrogen) atoms. The van der Waals surface area contributed by atoms with Gasteiger partial charge in [0.15, 0.2) is 0 Å². The van der Waals surface area contributed by atoms with Crippen molar-refractivity contribution in [2.24, 2.45) is 5.10 Å². The fraction of sp³-hybridized carbons (Fsp3) is 0.357. The summed E-state index contributed by atoms with van der Waals surface area (Å²) in [4.78, 5) is 22.8. The highest BCUT2D eigenvalue weighted by atomic mass is 35.5. The highest BCUT2D eigenvalue weighted by Crippen LogP contribution is 2.22. The van der Waals surface area contributed by atoms with E-state index in [1.807, 2.05) is 6.07 Å². The Morgan fingerprint density at radius 3 is 2.95 bits per heavy atom. The first-order valence-corrected chi connectivity index (χ1v) is 6.94. The molecule has 0 fully saturated rings. The van der Waals surface area contributed by atoms with Crippen LogP contribution < -0.4 is 15.5 Å². The molecule has 1 aliphatic rings. The molecule has 1 aromatic carbocycles. The van der Waals surface area contributed by atoms with Crippen molar-refractivity contribution < 1.29 is 14.3 Å². The lowest BCUT2D eigenvalue weighted by Crippen LogP contribution is -2.37. The van der Waals surface area contributed by atoms with Crippen molar-refractivity contribution in [1.29, 1.82) is 0 Å². The maximum Gasteiger partial charge on any atom is 0.267 e. The van der Waals surface area contributed by atoms with Gasteiger partial charge in [-0.3, -0.25) is 9.59 Å². The molecule has 2 rings (SSSR count). The summed E-state index contributed by atoms with van der Waals surface area (Å²) in [5.74, 6) is 0.294. The van der Waals surface area contributed by atoms with E-state index in [0.29, 0.717) is 30.1 Å². The van der Waals surface area contributed by atoms with E-state index in [0.717, 1.165) is 11.3 Å². The largest absolute Gasteiger partial charge is 0.496 e. The number of rotatable bonds is 5. The van der Waals surface area contributed by atoms with E-state index in [9.17, 15) is 9.59 Å². The molecular formula is C14H16ClN3O3. The second-order valence-electron chi connectivity index (χ2n) is 4.56.